The number of likely N-dealkylation sites (tertiary alicyclic amines) is 1. The van der Waals surface area contributed by atoms with Gasteiger partial charge in [-0.25, -0.2) is 4.79 Å². The highest BCUT2D eigenvalue weighted by molar-refractivity contribution is 6.37. The average Bonchev–Trinajstić information content (AvgIpc) is 3.24. The maximum absolute atomic E-state index is 14.3. The van der Waals surface area contributed by atoms with Gasteiger partial charge in [0.25, 0.3) is 5.91 Å². The van der Waals surface area contributed by atoms with Crippen LogP contribution in [-0.2, 0) is 36.8 Å². The van der Waals surface area contributed by atoms with Crippen molar-refractivity contribution >= 4 is 29.6 Å². The number of ketones is 1. The summed E-state index contributed by atoms with van der Waals surface area (Å²) in [5.41, 5.74) is 6.57. The van der Waals surface area contributed by atoms with Gasteiger partial charge in [-0.3, -0.25) is 19.2 Å². The van der Waals surface area contributed by atoms with Gasteiger partial charge in [0.1, 0.15) is 17.7 Å². The fourth-order valence-corrected chi connectivity index (χ4v) is 6.62. The van der Waals surface area contributed by atoms with E-state index in [0.717, 1.165) is 11.1 Å². The Morgan fingerprint density at radius 3 is 2.20 bits per heavy atom. The number of carbonyl (C=O) groups is 5. The summed E-state index contributed by atoms with van der Waals surface area (Å²) >= 11 is 0. The first-order valence-corrected chi connectivity index (χ1v) is 14.2. The molecule has 40 heavy (non-hydrogen) atoms. The number of nitrogens with two attached hydrogens (primary N) is 1. The molecule has 1 heterocycles. The minimum Gasteiger partial charge on any atom is -0.444 e. The summed E-state index contributed by atoms with van der Waals surface area (Å²) in [6.45, 7) is 11.6. The Kier molecular flexibility index (Phi) is 8.02. The number of nitrogens with zero attached hydrogens (tertiary/aromatic N) is 1. The van der Waals surface area contributed by atoms with Crippen LogP contribution in [0, 0.1) is 23.2 Å². The van der Waals surface area contributed by atoms with Crippen molar-refractivity contribution in [2.75, 3.05) is 6.54 Å². The van der Waals surface area contributed by atoms with Gasteiger partial charge in [0.05, 0.1) is 6.04 Å². The Hall–Kier alpha value is -3.43. The molecule has 0 radical (unpaired) electrons. The molecule has 3 aliphatic rings. The van der Waals surface area contributed by atoms with Crippen LogP contribution in [0.1, 0.15) is 65.5 Å². The number of nitrogens with one attached hydrogen (secondary N) is 2. The second-order valence-corrected chi connectivity index (χ2v) is 13.0. The summed E-state index contributed by atoms with van der Waals surface area (Å²) in [7, 11) is 0. The van der Waals surface area contributed by atoms with Crippen LogP contribution in [0.5, 0.6) is 0 Å². The van der Waals surface area contributed by atoms with E-state index in [-0.39, 0.29) is 35.5 Å². The second kappa shape index (κ2) is 10.9. The third-order valence-electron chi connectivity index (χ3n) is 8.71. The van der Waals surface area contributed by atoms with Crippen LogP contribution in [-0.4, -0.2) is 64.8 Å². The molecule has 2 fully saturated rings. The summed E-state index contributed by atoms with van der Waals surface area (Å²) < 4.78 is 5.50. The molecule has 0 spiro atoms. The van der Waals surface area contributed by atoms with Gasteiger partial charge in [-0.2, -0.15) is 0 Å². The van der Waals surface area contributed by atoms with Gasteiger partial charge >= 0.3 is 6.09 Å². The molecule has 3 unspecified atom stereocenters. The van der Waals surface area contributed by atoms with E-state index >= 15 is 0 Å². The second-order valence-electron chi connectivity index (χ2n) is 13.0. The Balaban J connectivity index is 1.60. The molecule has 1 aliphatic heterocycles. The number of fused-ring (bicyclic) bond motifs is 2. The molecule has 1 saturated heterocycles. The molecular formula is C30H42N4O6. The largest absolute Gasteiger partial charge is 0.444 e. The number of Topliss-reactive ketones (excluding diaryl/α,β-unsaturated/α-hetero) is 1. The van der Waals surface area contributed by atoms with Crippen molar-refractivity contribution in [3.05, 3.63) is 35.4 Å². The number of amides is 4. The lowest BCUT2D eigenvalue weighted by molar-refractivity contribution is -0.144. The van der Waals surface area contributed by atoms with Gasteiger partial charge in [-0.05, 0) is 74.3 Å². The van der Waals surface area contributed by atoms with Crippen LogP contribution >= 0.6 is 0 Å². The Labute approximate surface area is 235 Å². The van der Waals surface area contributed by atoms with E-state index < -0.39 is 47.4 Å². The van der Waals surface area contributed by atoms with E-state index in [2.05, 4.69) is 24.5 Å². The molecule has 5 atom stereocenters. The van der Waals surface area contributed by atoms with E-state index in [1.54, 1.807) is 25.7 Å². The van der Waals surface area contributed by atoms with Gasteiger partial charge < -0.3 is 26.0 Å². The molecule has 1 aromatic carbocycles. The third kappa shape index (κ3) is 5.86. The summed E-state index contributed by atoms with van der Waals surface area (Å²) in [5.74, 6) is -3.01. The molecule has 2 aliphatic carbocycles. The first-order valence-electron chi connectivity index (χ1n) is 14.2. The van der Waals surface area contributed by atoms with Crippen LogP contribution in [0.3, 0.4) is 0 Å². The number of hydrogen-bond donors (Lipinski definition) is 3. The SMILES string of the molecule is CCCC(NC(=O)[C@@H]1C2C(CN1C(=O)[C@@H](NC(=O)OC(C)(C)C)C1Cc3ccccc3C1)C2(C)C)C(=O)C(N)=O. The zero-order valence-corrected chi connectivity index (χ0v) is 24.3. The molecule has 4 amide bonds. The Morgan fingerprint density at radius 2 is 1.68 bits per heavy atom. The Morgan fingerprint density at radius 1 is 1.07 bits per heavy atom. The molecule has 4 rings (SSSR count). The van der Waals surface area contributed by atoms with Gasteiger partial charge in [-0.15, -0.1) is 0 Å². The molecule has 1 saturated carbocycles. The molecule has 1 aromatic rings. The Bertz CT molecular complexity index is 1180. The topological polar surface area (TPSA) is 148 Å². The highest BCUT2D eigenvalue weighted by Crippen LogP contribution is 2.65. The number of hydrogen-bond acceptors (Lipinski definition) is 6. The summed E-state index contributed by atoms with van der Waals surface area (Å²) in [5, 5.41) is 5.55. The number of ether oxygens (including phenoxy) is 1. The van der Waals surface area contributed by atoms with Gasteiger partial charge in [-0.1, -0.05) is 51.5 Å². The van der Waals surface area contributed by atoms with E-state index in [1.165, 1.54) is 0 Å². The molecule has 218 valence electrons. The van der Waals surface area contributed by atoms with Crippen molar-refractivity contribution in [1.82, 2.24) is 15.5 Å². The van der Waals surface area contributed by atoms with Crippen LogP contribution in [0.2, 0.25) is 0 Å². The van der Waals surface area contributed by atoms with Crippen LogP contribution in [0.4, 0.5) is 4.79 Å². The van der Waals surface area contributed by atoms with Crippen molar-refractivity contribution in [2.45, 2.75) is 91.0 Å². The van der Waals surface area contributed by atoms with Gasteiger partial charge in [0.15, 0.2) is 0 Å². The van der Waals surface area contributed by atoms with Gasteiger partial charge in [0.2, 0.25) is 17.6 Å². The van der Waals surface area contributed by atoms with Gasteiger partial charge in [0, 0.05) is 6.54 Å². The molecule has 0 bridgehead atoms. The number of piperidine rings is 1. The van der Waals surface area contributed by atoms with E-state index in [1.807, 2.05) is 31.2 Å². The fraction of sp³-hybridized carbons (Fsp3) is 0.633. The summed E-state index contributed by atoms with van der Waals surface area (Å²) in [6.07, 6.45) is 1.34. The predicted octanol–water partition coefficient (Wildman–Crippen LogP) is 2.12. The molecule has 10 heteroatoms. The molecule has 4 N–H and O–H groups in total. The number of rotatable bonds is 9. The lowest BCUT2D eigenvalue weighted by Gasteiger charge is -2.35. The van der Waals surface area contributed by atoms with E-state index in [9.17, 15) is 24.0 Å². The maximum atomic E-state index is 14.3. The van der Waals surface area contributed by atoms with Crippen molar-refractivity contribution in [3.63, 3.8) is 0 Å². The summed E-state index contributed by atoms with van der Waals surface area (Å²) in [4.78, 5) is 66.4. The zero-order valence-electron chi connectivity index (χ0n) is 24.3. The van der Waals surface area contributed by atoms with E-state index in [0.29, 0.717) is 25.8 Å². The lowest BCUT2D eigenvalue weighted by atomic mass is 9.93. The van der Waals surface area contributed by atoms with Crippen LogP contribution < -0.4 is 16.4 Å². The normalized spacial score (nSPS) is 24.4. The lowest BCUT2D eigenvalue weighted by Crippen LogP contribution is -2.59. The average molecular weight is 555 g/mol. The number of benzene rings is 1. The van der Waals surface area contributed by atoms with Crippen molar-refractivity contribution in [2.24, 2.45) is 28.9 Å². The minimum atomic E-state index is -1.11. The number of alkyl carbamates (subject to hydrolysis) is 1. The number of primary amides is 1. The molecular weight excluding hydrogens is 512 g/mol. The van der Waals surface area contributed by atoms with Crippen LogP contribution in [0.15, 0.2) is 24.3 Å². The standard InChI is InChI=1S/C30H42N4O6/c1-7-10-20(24(35)25(31)36)32-26(37)23-21-19(30(21,5)6)15-34(23)27(38)22(33-28(39)40-29(2,3)4)18-13-16-11-8-9-12-17(16)14-18/h8-9,11-12,18-23H,7,10,13-15H2,1-6H3,(H2,31,36)(H,32,37)(H,33,39)/t19?,20?,21?,22-,23-/m0/s1. The molecule has 10 nitrogen and oxygen atoms in total. The van der Waals surface area contributed by atoms with Crippen molar-refractivity contribution in [1.29, 1.82) is 0 Å². The first kappa shape index (κ1) is 29.6. The number of carbonyl (C=O) groups excluding carboxylic acids is 5. The predicted molar refractivity (Wildman–Crippen MR) is 148 cm³/mol. The summed E-state index contributed by atoms with van der Waals surface area (Å²) in [6, 6.07) is 5.17. The molecule has 0 aromatic heterocycles. The van der Waals surface area contributed by atoms with Crippen molar-refractivity contribution < 1.29 is 28.7 Å². The quantitative estimate of drug-likeness (QED) is 0.398. The highest BCUT2D eigenvalue weighted by atomic mass is 16.6. The smallest absolute Gasteiger partial charge is 0.408 e. The van der Waals surface area contributed by atoms with Crippen molar-refractivity contribution in [3.8, 4) is 0 Å². The minimum absolute atomic E-state index is 0.103. The fourth-order valence-electron chi connectivity index (χ4n) is 6.62. The first-order chi connectivity index (χ1) is 18.7. The van der Waals surface area contributed by atoms with E-state index in [4.69, 9.17) is 10.5 Å². The van der Waals surface area contributed by atoms with Crippen LogP contribution in [0.25, 0.3) is 0 Å². The zero-order chi connectivity index (χ0) is 29.6. The monoisotopic (exact) mass is 554 g/mol. The maximum Gasteiger partial charge on any atom is 0.408 e. The third-order valence-corrected chi connectivity index (χ3v) is 8.71. The highest BCUT2D eigenvalue weighted by Gasteiger charge is 2.69.